The smallest absolute Gasteiger partial charge is 0.277 e. The molecule has 104 valence electrons. The van der Waals surface area contributed by atoms with Crippen LogP contribution in [-0.4, -0.2) is 24.9 Å². The van der Waals surface area contributed by atoms with Crippen LogP contribution >= 0.6 is 0 Å². The second-order valence-corrected chi connectivity index (χ2v) is 4.92. The van der Waals surface area contributed by atoms with E-state index in [9.17, 15) is 13.6 Å². The Balaban J connectivity index is 2.05. The fourth-order valence-electron chi connectivity index (χ4n) is 2.44. The van der Waals surface area contributed by atoms with E-state index in [-0.39, 0.29) is 11.8 Å². The minimum absolute atomic E-state index is 0.321. The van der Waals surface area contributed by atoms with Crippen molar-refractivity contribution in [3.8, 4) is 0 Å². The molecule has 0 heterocycles. The van der Waals surface area contributed by atoms with Crippen LogP contribution in [0.25, 0.3) is 0 Å². The molecule has 1 amide bonds. The molecule has 1 aromatic carbocycles. The number of fused-ring (bicyclic) bond motifs is 1. The van der Waals surface area contributed by atoms with E-state index in [1.165, 1.54) is 0 Å². The molecule has 0 spiro atoms. The molecule has 1 unspecified atom stereocenters. The van der Waals surface area contributed by atoms with Gasteiger partial charge in [-0.2, -0.15) is 0 Å². The summed E-state index contributed by atoms with van der Waals surface area (Å²) in [4.78, 5) is 12.0. The Morgan fingerprint density at radius 3 is 2.89 bits per heavy atom. The number of aryl methyl sites for hydroxylation is 1. The SMILES string of the molecule is NCC(F)(F)CNC(=O)C1CCCc2ccccc21. The van der Waals surface area contributed by atoms with Crippen molar-refractivity contribution in [1.82, 2.24) is 5.32 Å². The zero-order valence-corrected chi connectivity index (χ0v) is 10.7. The normalized spacial score (nSPS) is 18.8. The topological polar surface area (TPSA) is 55.1 Å². The number of hydrogen-bond donors (Lipinski definition) is 2. The Hall–Kier alpha value is -1.49. The van der Waals surface area contributed by atoms with E-state index in [1.54, 1.807) is 0 Å². The Bertz CT molecular complexity index is 463. The van der Waals surface area contributed by atoms with E-state index in [0.29, 0.717) is 6.42 Å². The molecule has 3 nitrogen and oxygen atoms in total. The lowest BCUT2D eigenvalue weighted by Crippen LogP contribution is -2.43. The standard InChI is InChI=1S/C14H18F2N2O/c15-14(16,8-17)9-18-13(19)12-7-3-5-10-4-1-2-6-11(10)12/h1-2,4,6,12H,3,5,7-9,17H2,(H,18,19). The molecular formula is C14H18F2N2O. The van der Waals surface area contributed by atoms with Gasteiger partial charge in [-0.05, 0) is 30.4 Å². The van der Waals surface area contributed by atoms with E-state index < -0.39 is 19.0 Å². The van der Waals surface area contributed by atoms with E-state index in [0.717, 1.165) is 24.0 Å². The van der Waals surface area contributed by atoms with Gasteiger partial charge in [0.1, 0.15) is 0 Å². The van der Waals surface area contributed by atoms with Crippen LogP contribution in [-0.2, 0) is 11.2 Å². The molecule has 19 heavy (non-hydrogen) atoms. The number of amides is 1. The van der Waals surface area contributed by atoms with Gasteiger partial charge in [-0.3, -0.25) is 4.79 Å². The van der Waals surface area contributed by atoms with E-state index in [2.05, 4.69) is 5.32 Å². The largest absolute Gasteiger partial charge is 0.349 e. The summed E-state index contributed by atoms with van der Waals surface area (Å²) in [5.74, 6) is -3.69. The first-order valence-electron chi connectivity index (χ1n) is 6.47. The molecule has 1 aromatic rings. The third-order valence-electron chi connectivity index (χ3n) is 3.51. The van der Waals surface area contributed by atoms with Gasteiger partial charge in [-0.15, -0.1) is 0 Å². The Morgan fingerprint density at radius 2 is 2.16 bits per heavy atom. The van der Waals surface area contributed by atoms with Crippen LogP contribution in [0.4, 0.5) is 8.78 Å². The average molecular weight is 268 g/mol. The molecule has 0 aliphatic heterocycles. The maximum absolute atomic E-state index is 13.0. The van der Waals surface area contributed by atoms with Gasteiger partial charge in [0.15, 0.2) is 0 Å². The lowest BCUT2D eigenvalue weighted by molar-refractivity contribution is -0.124. The van der Waals surface area contributed by atoms with Crippen LogP contribution in [0, 0.1) is 0 Å². The molecule has 0 aromatic heterocycles. The Kier molecular flexibility index (Phi) is 4.14. The highest BCUT2D eigenvalue weighted by Crippen LogP contribution is 2.31. The first-order valence-corrected chi connectivity index (χ1v) is 6.47. The van der Waals surface area contributed by atoms with Crippen molar-refractivity contribution in [3.05, 3.63) is 35.4 Å². The summed E-state index contributed by atoms with van der Waals surface area (Å²) in [5.41, 5.74) is 7.05. The number of hydrogen-bond acceptors (Lipinski definition) is 2. The molecule has 1 aliphatic rings. The van der Waals surface area contributed by atoms with Crippen LogP contribution in [0.1, 0.15) is 29.9 Å². The maximum atomic E-state index is 13.0. The summed E-state index contributed by atoms with van der Waals surface area (Å²) in [6.07, 6.45) is 2.55. The highest BCUT2D eigenvalue weighted by molar-refractivity contribution is 5.84. The molecule has 0 bridgehead atoms. The minimum Gasteiger partial charge on any atom is -0.349 e. The van der Waals surface area contributed by atoms with Crippen LogP contribution < -0.4 is 11.1 Å². The number of carbonyl (C=O) groups is 1. The fraction of sp³-hybridized carbons (Fsp3) is 0.500. The van der Waals surface area contributed by atoms with Gasteiger partial charge in [0.2, 0.25) is 5.91 Å². The molecule has 0 saturated heterocycles. The second-order valence-electron chi connectivity index (χ2n) is 4.92. The first-order chi connectivity index (χ1) is 9.03. The molecule has 0 fully saturated rings. The molecule has 1 atom stereocenters. The van der Waals surface area contributed by atoms with Crippen molar-refractivity contribution in [2.45, 2.75) is 31.1 Å². The number of nitrogens with one attached hydrogen (secondary N) is 1. The van der Waals surface area contributed by atoms with E-state index in [1.807, 2.05) is 24.3 Å². The Labute approximate surface area is 111 Å². The van der Waals surface area contributed by atoms with Gasteiger partial charge in [0.05, 0.1) is 19.0 Å². The highest BCUT2D eigenvalue weighted by atomic mass is 19.3. The number of carbonyl (C=O) groups excluding carboxylic acids is 1. The zero-order chi connectivity index (χ0) is 13.9. The highest BCUT2D eigenvalue weighted by Gasteiger charge is 2.31. The quantitative estimate of drug-likeness (QED) is 0.875. The van der Waals surface area contributed by atoms with Crippen molar-refractivity contribution >= 4 is 5.91 Å². The van der Waals surface area contributed by atoms with Crippen LogP contribution in [0.2, 0.25) is 0 Å². The van der Waals surface area contributed by atoms with Gasteiger partial charge in [-0.1, -0.05) is 24.3 Å². The molecule has 0 radical (unpaired) electrons. The number of nitrogens with two attached hydrogens (primary N) is 1. The minimum atomic E-state index is -3.04. The van der Waals surface area contributed by atoms with Gasteiger partial charge in [0.25, 0.3) is 5.92 Å². The number of rotatable bonds is 4. The lowest BCUT2D eigenvalue weighted by atomic mass is 9.82. The third kappa shape index (κ3) is 3.29. The summed E-state index contributed by atoms with van der Waals surface area (Å²) in [6.45, 7) is -1.45. The Morgan fingerprint density at radius 1 is 1.42 bits per heavy atom. The molecular weight excluding hydrogens is 250 g/mol. The number of benzene rings is 1. The predicted octanol–water partition coefficient (Wildman–Crippen LogP) is 1.82. The van der Waals surface area contributed by atoms with E-state index >= 15 is 0 Å². The molecule has 3 N–H and O–H groups in total. The number of alkyl halides is 2. The van der Waals surface area contributed by atoms with Gasteiger partial charge in [0, 0.05) is 0 Å². The summed E-state index contributed by atoms with van der Waals surface area (Å²) >= 11 is 0. The summed E-state index contributed by atoms with van der Waals surface area (Å²) < 4.78 is 26.1. The van der Waals surface area contributed by atoms with Crippen LogP contribution in [0.3, 0.4) is 0 Å². The van der Waals surface area contributed by atoms with Crippen LogP contribution in [0.15, 0.2) is 24.3 Å². The lowest BCUT2D eigenvalue weighted by Gasteiger charge is -2.25. The monoisotopic (exact) mass is 268 g/mol. The van der Waals surface area contributed by atoms with Gasteiger partial charge < -0.3 is 11.1 Å². The summed E-state index contributed by atoms with van der Waals surface area (Å²) in [7, 11) is 0. The van der Waals surface area contributed by atoms with Crippen molar-refractivity contribution in [1.29, 1.82) is 0 Å². The number of halogens is 2. The molecule has 5 heteroatoms. The van der Waals surface area contributed by atoms with Crippen molar-refractivity contribution < 1.29 is 13.6 Å². The third-order valence-corrected chi connectivity index (χ3v) is 3.51. The molecule has 0 saturated carbocycles. The second kappa shape index (κ2) is 5.65. The maximum Gasteiger partial charge on any atom is 0.277 e. The predicted molar refractivity (Wildman–Crippen MR) is 69.1 cm³/mol. The van der Waals surface area contributed by atoms with Crippen molar-refractivity contribution in [3.63, 3.8) is 0 Å². The zero-order valence-electron chi connectivity index (χ0n) is 10.7. The fourth-order valence-corrected chi connectivity index (χ4v) is 2.44. The van der Waals surface area contributed by atoms with Gasteiger partial charge >= 0.3 is 0 Å². The average Bonchev–Trinajstić information content (AvgIpc) is 2.44. The van der Waals surface area contributed by atoms with Crippen molar-refractivity contribution in [2.75, 3.05) is 13.1 Å². The van der Waals surface area contributed by atoms with Crippen LogP contribution in [0.5, 0.6) is 0 Å². The van der Waals surface area contributed by atoms with Crippen molar-refractivity contribution in [2.24, 2.45) is 5.73 Å². The summed E-state index contributed by atoms with van der Waals surface area (Å²) in [6, 6.07) is 7.70. The summed E-state index contributed by atoms with van der Waals surface area (Å²) in [5, 5.41) is 2.32. The first kappa shape index (κ1) is 13.9. The van der Waals surface area contributed by atoms with Gasteiger partial charge in [-0.25, -0.2) is 8.78 Å². The van der Waals surface area contributed by atoms with E-state index in [4.69, 9.17) is 5.73 Å². The molecule has 1 aliphatic carbocycles. The molecule has 2 rings (SSSR count).